The lowest BCUT2D eigenvalue weighted by molar-refractivity contribution is -0.140. The molecule has 1 saturated heterocycles. The van der Waals surface area contributed by atoms with Crippen LogP contribution in [0.5, 0.6) is 0 Å². The predicted molar refractivity (Wildman–Crippen MR) is 77.0 cm³/mol. The Balaban J connectivity index is 1.99. The van der Waals surface area contributed by atoms with Gasteiger partial charge in [-0.25, -0.2) is 4.79 Å². The van der Waals surface area contributed by atoms with E-state index in [1.54, 1.807) is 24.3 Å². The summed E-state index contributed by atoms with van der Waals surface area (Å²) < 4.78 is 5.28. The molecule has 3 rings (SSSR count). The highest BCUT2D eigenvalue weighted by Gasteiger charge is 2.40. The molecule has 2 aromatic carbocycles. The molecule has 4 heteroatoms. The van der Waals surface area contributed by atoms with E-state index in [4.69, 9.17) is 4.74 Å². The molecule has 0 aliphatic carbocycles. The van der Waals surface area contributed by atoms with Crippen LogP contribution >= 0.6 is 0 Å². The molecule has 1 amide bonds. The number of hydrogen-bond acceptors (Lipinski definition) is 3. The van der Waals surface area contributed by atoms with Crippen molar-refractivity contribution < 1.29 is 14.3 Å². The summed E-state index contributed by atoms with van der Waals surface area (Å²) in [6, 6.07) is 17.9. The highest BCUT2D eigenvalue weighted by atomic mass is 16.6. The largest absolute Gasteiger partial charge is 0.432 e. The van der Waals surface area contributed by atoms with E-state index in [1.165, 1.54) is 4.90 Å². The van der Waals surface area contributed by atoms with Crippen LogP contribution < -0.4 is 0 Å². The lowest BCUT2D eigenvalue weighted by Crippen LogP contribution is -2.29. The summed E-state index contributed by atoms with van der Waals surface area (Å²) in [5, 5.41) is 0. The van der Waals surface area contributed by atoms with Crippen molar-refractivity contribution in [2.75, 3.05) is 0 Å². The van der Waals surface area contributed by atoms with Crippen LogP contribution in [0, 0.1) is 0 Å². The van der Waals surface area contributed by atoms with Crippen LogP contribution in [0.15, 0.2) is 72.9 Å². The molecular formula is C17H13NO3. The van der Waals surface area contributed by atoms with E-state index in [0.717, 1.165) is 5.56 Å². The summed E-state index contributed by atoms with van der Waals surface area (Å²) in [5.74, 6) is -0.881. The highest BCUT2D eigenvalue weighted by Crippen LogP contribution is 2.34. The third-order valence-electron chi connectivity index (χ3n) is 3.30. The summed E-state index contributed by atoms with van der Waals surface area (Å²) in [6.45, 7) is 3.67. The van der Waals surface area contributed by atoms with Crippen LogP contribution in [-0.4, -0.2) is 16.8 Å². The summed E-state index contributed by atoms with van der Waals surface area (Å²) in [7, 11) is 0. The Bertz CT molecular complexity index is 694. The lowest BCUT2D eigenvalue weighted by atomic mass is 10.1. The Labute approximate surface area is 122 Å². The Morgan fingerprint density at radius 3 is 2.19 bits per heavy atom. The van der Waals surface area contributed by atoms with Gasteiger partial charge in [-0.2, -0.15) is 0 Å². The van der Waals surface area contributed by atoms with Gasteiger partial charge in [-0.3, -0.25) is 9.69 Å². The van der Waals surface area contributed by atoms with Crippen molar-refractivity contribution in [1.82, 2.24) is 4.90 Å². The quantitative estimate of drug-likeness (QED) is 0.627. The highest BCUT2D eigenvalue weighted by molar-refractivity contribution is 6.02. The molecule has 0 unspecified atom stereocenters. The minimum atomic E-state index is -0.765. The van der Waals surface area contributed by atoms with Gasteiger partial charge in [0.15, 0.2) is 0 Å². The SMILES string of the molecule is C=C1C(=O)O[C@H](c2ccccc2)N1C(=O)c1ccccc1. The number of hydrogen-bond donors (Lipinski definition) is 0. The third kappa shape index (κ3) is 2.31. The fourth-order valence-corrected chi connectivity index (χ4v) is 2.25. The van der Waals surface area contributed by atoms with E-state index >= 15 is 0 Å². The minimum absolute atomic E-state index is 0.0534. The number of amides is 1. The van der Waals surface area contributed by atoms with Crippen molar-refractivity contribution in [2.24, 2.45) is 0 Å². The standard InChI is InChI=1S/C17H13NO3/c1-12-17(20)21-16(14-10-6-3-7-11-14)18(12)15(19)13-8-4-2-5-9-13/h2-11,16H,1H2/t16-/m1/s1. The normalized spacial score (nSPS) is 17.7. The number of nitrogens with zero attached hydrogens (tertiary/aromatic N) is 1. The number of carbonyl (C=O) groups is 2. The molecule has 0 N–H and O–H groups in total. The molecule has 0 radical (unpaired) electrons. The Kier molecular flexibility index (Phi) is 3.28. The van der Waals surface area contributed by atoms with Crippen molar-refractivity contribution in [3.05, 3.63) is 84.1 Å². The van der Waals surface area contributed by atoms with Crippen LogP contribution in [-0.2, 0) is 9.53 Å². The molecule has 4 nitrogen and oxygen atoms in total. The van der Waals surface area contributed by atoms with Gasteiger partial charge in [0.1, 0.15) is 5.70 Å². The van der Waals surface area contributed by atoms with Crippen LogP contribution in [0.1, 0.15) is 22.1 Å². The van der Waals surface area contributed by atoms with Gasteiger partial charge in [0, 0.05) is 11.1 Å². The number of ether oxygens (including phenoxy) is 1. The van der Waals surface area contributed by atoms with Crippen molar-refractivity contribution in [2.45, 2.75) is 6.23 Å². The lowest BCUT2D eigenvalue weighted by Gasteiger charge is -2.22. The number of rotatable bonds is 2. The number of benzene rings is 2. The fourth-order valence-electron chi connectivity index (χ4n) is 2.25. The smallest absolute Gasteiger partial charge is 0.356 e. The second kappa shape index (κ2) is 5.25. The average molecular weight is 279 g/mol. The molecule has 104 valence electrons. The summed E-state index contributed by atoms with van der Waals surface area (Å²) in [5.41, 5.74) is 1.27. The second-order valence-corrected chi connectivity index (χ2v) is 4.66. The first kappa shape index (κ1) is 13.1. The molecule has 21 heavy (non-hydrogen) atoms. The number of carbonyl (C=O) groups excluding carboxylic acids is 2. The molecule has 1 aliphatic heterocycles. The van der Waals surface area contributed by atoms with Crippen LogP contribution in [0.25, 0.3) is 0 Å². The molecule has 1 fully saturated rings. The van der Waals surface area contributed by atoms with Gasteiger partial charge >= 0.3 is 5.97 Å². The zero-order valence-electron chi connectivity index (χ0n) is 11.2. The minimum Gasteiger partial charge on any atom is -0.432 e. The summed E-state index contributed by atoms with van der Waals surface area (Å²) in [4.78, 5) is 25.7. The van der Waals surface area contributed by atoms with Gasteiger partial charge in [-0.05, 0) is 12.1 Å². The van der Waals surface area contributed by atoms with Crippen molar-refractivity contribution in [3.8, 4) is 0 Å². The predicted octanol–water partition coefficient (Wildman–Crippen LogP) is 2.90. The van der Waals surface area contributed by atoms with Crippen LogP contribution in [0.3, 0.4) is 0 Å². The summed E-state index contributed by atoms with van der Waals surface area (Å²) in [6.07, 6.45) is -0.765. The molecule has 0 saturated carbocycles. The Morgan fingerprint density at radius 2 is 1.57 bits per heavy atom. The van der Waals surface area contributed by atoms with E-state index in [2.05, 4.69) is 6.58 Å². The monoisotopic (exact) mass is 279 g/mol. The van der Waals surface area contributed by atoms with E-state index in [9.17, 15) is 9.59 Å². The first-order chi connectivity index (χ1) is 10.2. The average Bonchev–Trinajstić information content (AvgIpc) is 2.84. The van der Waals surface area contributed by atoms with Gasteiger partial charge < -0.3 is 4.74 Å². The molecule has 0 spiro atoms. The molecule has 0 bridgehead atoms. The van der Waals surface area contributed by atoms with E-state index in [-0.39, 0.29) is 11.6 Å². The van der Waals surface area contributed by atoms with Crippen LogP contribution in [0.2, 0.25) is 0 Å². The van der Waals surface area contributed by atoms with Crippen molar-refractivity contribution >= 4 is 11.9 Å². The first-order valence-corrected chi connectivity index (χ1v) is 6.52. The third-order valence-corrected chi connectivity index (χ3v) is 3.30. The molecule has 2 aromatic rings. The van der Waals surface area contributed by atoms with E-state index in [1.807, 2.05) is 36.4 Å². The Hall–Kier alpha value is -2.88. The number of esters is 1. The first-order valence-electron chi connectivity index (χ1n) is 6.52. The molecule has 0 aromatic heterocycles. The number of cyclic esters (lactones) is 1. The Morgan fingerprint density at radius 1 is 1.00 bits per heavy atom. The maximum Gasteiger partial charge on any atom is 0.356 e. The maximum atomic E-state index is 12.6. The second-order valence-electron chi connectivity index (χ2n) is 4.66. The van der Waals surface area contributed by atoms with Crippen molar-refractivity contribution in [1.29, 1.82) is 0 Å². The fraction of sp³-hybridized carbons (Fsp3) is 0.0588. The van der Waals surface area contributed by atoms with E-state index < -0.39 is 12.2 Å². The van der Waals surface area contributed by atoms with Gasteiger partial charge in [0.25, 0.3) is 5.91 Å². The van der Waals surface area contributed by atoms with Gasteiger partial charge in [-0.15, -0.1) is 0 Å². The maximum absolute atomic E-state index is 12.6. The van der Waals surface area contributed by atoms with Crippen molar-refractivity contribution in [3.63, 3.8) is 0 Å². The van der Waals surface area contributed by atoms with Gasteiger partial charge in [0.2, 0.25) is 6.23 Å². The molecule has 1 atom stereocenters. The van der Waals surface area contributed by atoms with E-state index in [0.29, 0.717) is 5.56 Å². The van der Waals surface area contributed by atoms with Gasteiger partial charge in [-0.1, -0.05) is 55.1 Å². The topological polar surface area (TPSA) is 46.6 Å². The molecule has 1 heterocycles. The molecule has 1 aliphatic rings. The summed E-state index contributed by atoms with van der Waals surface area (Å²) >= 11 is 0. The van der Waals surface area contributed by atoms with Crippen LogP contribution in [0.4, 0.5) is 0 Å². The zero-order chi connectivity index (χ0) is 14.8. The zero-order valence-corrected chi connectivity index (χ0v) is 11.2. The van der Waals surface area contributed by atoms with Gasteiger partial charge in [0.05, 0.1) is 0 Å². The molecular weight excluding hydrogens is 266 g/mol.